The summed E-state index contributed by atoms with van der Waals surface area (Å²) in [5.74, 6) is 0.769. The Kier molecular flexibility index (Phi) is 3.77. The van der Waals surface area contributed by atoms with Gasteiger partial charge < -0.3 is 14.8 Å². The van der Waals surface area contributed by atoms with Gasteiger partial charge in [-0.1, -0.05) is 18.2 Å². The number of aliphatic hydroxyl groups is 1. The van der Waals surface area contributed by atoms with Gasteiger partial charge in [-0.15, -0.1) is 0 Å². The first-order valence-corrected chi connectivity index (χ1v) is 7.04. The number of aromatic nitrogens is 2. The van der Waals surface area contributed by atoms with E-state index in [1.165, 1.54) is 0 Å². The largest absolute Gasteiger partial charge is 0.454 e. The lowest BCUT2D eigenvalue weighted by molar-refractivity contribution is 0.191. The van der Waals surface area contributed by atoms with Crippen LogP contribution in [0, 0.1) is 0 Å². The molecule has 0 saturated heterocycles. The molecule has 3 rings (SSSR count). The van der Waals surface area contributed by atoms with Crippen molar-refractivity contribution in [3.63, 3.8) is 0 Å². The molecule has 1 atom stereocenters. The predicted octanol–water partition coefficient (Wildman–Crippen LogP) is 2.30. The van der Waals surface area contributed by atoms with Crippen molar-refractivity contribution in [2.45, 2.75) is 19.6 Å². The highest BCUT2D eigenvalue weighted by Crippen LogP contribution is 2.28. The fraction of sp³-hybridized carbons (Fsp3) is 0.312. The van der Waals surface area contributed by atoms with Crippen LogP contribution in [-0.4, -0.2) is 27.5 Å². The molecule has 0 aliphatic heterocycles. The highest BCUT2D eigenvalue weighted by molar-refractivity contribution is 5.82. The summed E-state index contributed by atoms with van der Waals surface area (Å²) in [7, 11) is 1.89. The Morgan fingerprint density at radius 1 is 1.38 bits per heavy atom. The number of nitrogens with one attached hydrogen (secondary N) is 1. The summed E-state index contributed by atoms with van der Waals surface area (Å²) in [4.78, 5) is 0. The van der Waals surface area contributed by atoms with E-state index in [9.17, 15) is 5.11 Å². The molecule has 0 unspecified atom stereocenters. The van der Waals surface area contributed by atoms with Crippen LogP contribution >= 0.6 is 0 Å². The second-order valence-corrected chi connectivity index (χ2v) is 5.31. The van der Waals surface area contributed by atoms with Crippen molar-refractivity contribution < 1.29 is 9.52 Å². The average molecular weight is 285 g/mol. The number of rotatable bonds is 5. The highest BCUT2D eigenvalue weighted by Gasteiger charge is 2.14. The van der Waals surface area contributed by atoms with E-state index in [0.29, 0.717) is 13.1 Å². The van der Waals surface area contributed by atoms with Crippen molar-refractivity contribution in [2.75, 3.05) is 6.54 Å². The van der Waals surface area contributed by atoms with Gasteiger partial charge >= 0.3 is 0 Å². The van der Waals surface area contributed by atoms with E-state index in [0.717, 1.165) is 28.0 Å². The summed E-state index contributed by atoms with van der Waals surface area (Å²) in [5.41, 5.74) is 2.75. The zero-order valence-electron chi connectivity index (χ0n) is 12.2. The van der Waals surface area contributed by atoms with Crippen LogP contribution in [0.15, 0.2) is 40.9 Å². The molecule has 1 aromatic carbocycles. The monoisotopic (exact) mass is 285 g/mol. The molecule has 0 spiro atoms. The van der Waals surface area contributed by atoms with E-state index in [2.05, 4.69) is 10.4 Å². The number of aliphatic hydroxyl groups excluding tert-OH is 1. The lowest BCUT2D eigenvalue weighted by Crippen LogP contribution is -2.23. The molecule has 0 bridgehead atoms. The van der Waals surface area contributed by atoms with Gasteiger partial charge in [0, 0.05) is 37.3 Å². The summed E-state index contributed by atoms with van der Waals surface area (Å²) in [6.45, 7) is 2.95. The molecule has 5 nitrogen and oxygen atoms in total. The normalized spacial score (nSPS) is 12.9. The smallest absolute Gasteiger partial charge is 0.156 e. The van der Waals surface area contributed by atoms with Gasteiger partial charge in [-0.3, -0.25) is 4.68 Å². The Balaban J connectivity index is 1.90. The van der Waals surface area contributed by atoms with Gasteiger partial charge in [-0.05, 0) is 19.1 Å². The molecule has 0 radical (unpaired) electrons. The van der Waals surface area contributed by atoms with Gasteiger partial charge in [0.05, 0.1) is 6.10 Å². The highest BCUT2D eigenvalue weighted by atomic mass is 16.3. The van der Waals surface area contributed by atoms with Gasteiger partial charge in [0.1, 0.15) is 11.3 Å². The average Bonchev–Trinajstić information content (AvgIpc) is 3.01. The van der Waals surface area contributed by atoms with Crippen molar-refractivity contribution in [1.82, 2.24) is 15.1 Å². The Morgan fingerprint density at radius 2 is 2.19 bits per heavy atom. The molecule has 2 N–H and O–H groups in total. The van der Waals surface area contributed by atoms with Crippen molar-refractivity contribution >= 4 is 11.0 Å². The molecular formula is C16H19N3O2. The standard InChI is InChI=1S/C16H19N3O2/c1-11(20)8-17-9-13-10-19(2)18-16(13)15-7-12-5-3-4-6-14(12)21-15/h3-7,10-11,17,20H,8-9H2,1-2H3/t11-/m0/s1. The zero-order valence-corrected chi connectivity index (χ0v) is 12.2. The lowest BCUT2D eigenvalue weighted by atomic mass is 10.2. The van der Waals surface area contributed by atoms with E-state index >= 15 is 0 Å². The van der Waals surface area contributed by atoms with Crippen LogP contribution in [-0.2, 0) is 13.6 Å². The maximum atomic E-state index is 9.32. The quantitative estimate of drug-likeness (QED) is 0.755. The molecule has 3 aromatic rings. The van der Waals surface area contributed by atoms with Crippen molar-refractivity contribution in [3.8, 4) is 11.5 Å². The summed E-state index contributed by atoms with van der Waals surface area (Å²) in [6.07, 6.45) is 1.61. The summed E-state index contributed by atoms with van der Waals surface area (Å²) < 4.78 is 7.66. The van der Waals surface area contributed by atoms with E-state index < -0.39 is 0 Å². The molecule has 0 fully saturated rings. The van der Waals surface area contributed by atoms with Gasteiger partial charge in [-0.2, -0.15) is 5.10 Å². The fourth-order valence-corrected chi connectivity index (χ4v) is 2.39. The molecule has 21 heavy (non-hydrogen) atoms. The SMILES string of the molecule is C[C@H](O)CNCc1cn(C)nc1-c1cc2ccccc2o1. The Hall–Kier alpha value is -2.11. The van der Waals surface area contributed by atoms with Crippen LogP contribution in [0.2, 0.25) is 0 Å². The summed E-state index contributed by atoms with van der Waals surface area (Å²) in [6, 6.07) is 9.93. The van der Waals surface area contributed by atoms with Gasteiger partial charge in [0.25, 0.3) is 0 Å². The van der Waals surface area contributed by atoms with Gasteiger partial charge in [-0.25, -0.2) is 0 Å². The van der Waals surface area contributed by atoms with Crippen molar-refractivity contribution in [2.24, 2.45) is 7.05 Å². The first-order chi connectivity index (χ1) is 10.1. The van der Waals surface area contributed by atoms with Crippen LogP contribution in [0.5, 0.6) is 0 Å². The molecule has 0 aliphatic rings. The number of hydrogen-bond acceptors (Lipinski definition) is 4. The Bertz CT molecular complexity index is 710. The molecular weight excluding hydrogens is 266 g/mol. The third-order valence-electron chi connectivity index (χ3n) is 3.32. The summed E-state index contributed by atoms with van der Waals surface area (Å²) >= 11 is 0. The van der Waals surface area contributed by atoms with Crippen LogP contribution in [0.4, 0.5) is 0 Å². The number of furan rings is 1. The third-order valence-corrected chi connectivity index (χ3v) is 3.32. The molecule has 0 aliphatic carbocycles. The van der Waals surface area contributed by atoms with Gasteiger partial charge in [0.15, 0.2) is 5.76 Å². The fourth-order valence-electron chi connectivity index (χ4n) is 2.39. The number of fused-ring (bicyclic) bond motifs is 1. The van der Waals surface area contributed by atoms with E-state index in [-0.39, 0.29) is 6.10 Å². The van der Waals surface area contributed by atoms with Crippen LogP contribution in [0.3, 0.4) is 0 Å². The van der Waals surface area contributed by atoms with Crippen molar-refractivity contribution in [3.05, 3.63) is 42.1 Å². The lowest BCUT2D eigenvalue weighted by Gasteiger charge is -2.05. The van der Waals surface area contributed by atoms with Gasteiger partial charge in [0.2, 0.25) is 0 Å². The Labute approximate surface area is 123 Å². The molecule has 2 heterocycles. The van der Waals surface area contributed by atoms with Crippen LogP contribution in [0.25, 0.3) is 22.4 Å². The third kappa shape index (κ3) is 2.99. The van der Waals surface area contributed by atoms with Crippen LogP contribution < -0.4 is 5.32 Å². The first-order valence-electron chi connectivity index (χ1n) is 7.04. The maximum absolute atomic E-state index is 9.32. The summed E-state index contributed by atoms with van der Waals surface area (Å²) in [5, 5.41) is 18.1. The minimum absolute atomic E-state index is 0.365. The number of aryl methyl sites for hydroxylation is 1. The molecule has 5 heteroatoms. The zero-order chi connectivity index (χ0) is 14.8. The van der Waals surface area contributed by atoms with Crippen molar-refractivity contribution in [1.29, 1.82) is 0 Å². The minimum Gasteiger partial charge on any atom is -0.454 e. The Morgan fingerprint density at radius 3 is 2.95 bits per heavy atom. The number of para-hydroxylation sites is 1. The maximum Gasteiger partial charge on any atom is 0.156 e. The molecule has 0 amide bonds. The predicted molar refractivity (Wildman–Crippen MR) is 81.8 cm³/mol. The van der Waals surface area contributed by atoms with E-state index in [4.69, 9.17) is 4.42 Å². The number of nitrogens with zero attached hydrogens (tertiary/aromatic N) is 2. The second-order valence-electron chi connectivity index (χ2n) is 5.31. The minimum atomic E-state index is -0.365. The number of benzene rings is 1. The van der Waals surface area contributed by atoms with E-state index in [1.54, 1.807) is 11.6 Å². The molecule has 2 aromatic heterocycles. The second kappa shape index (κ2) is 5.71. The number of hydrogen-bond donors (Lipinski definition) is 2. The molecule has 110 valence electrons. The molecule has 0 saturated carbocycles. The topological polar surface area (TPSA) is 63.2 Å². The van der Waals surface area contributed by atoms with Crippen LogP contribution in [0.1, 0.15) is 12.5 Å². The van der Waals surface area contributed by atoms with E-state index in [1.807, 2.05) is 43.6 Å². The first kappa shape index (κ1) is 13.9.